The topological polar surface area (TPSA) is 15.3 Å². The molecule has 0 spiro atoms. The van der Waals surface area contributed by atoms with Crippen molar-refractivity contribution in [2.75, 3.05) is 26.2 Å². The highest BCUT2D eigenvalue weighted by molar-refractivity contribution is 7.10. The van der Waals surface area contributed by atoms with Gasteiger partial charge in [-0.25, -0.2) is 4.39 Å². The van der Waals surface area contributed by atoms with Crippen LogP contribution < -0.4 is 5.32 Å². The third-order valence-corrected chi connectivity index (χ3v) is 4.75. The van der Waals surface area contributed by atoms with E-state index in [1.807, 2.05) is 19.1 Å². The van der Waals surface area contributed by atoms with Crippen LogP contribution in [0.1, 0.15) is 22.0 Å². The second kappa shape index (κ2) is 8.85. The Morgan fingerprint density at radius 1 is 1.18 bits per heavy atom. The predicted octanol–water partition coefficient (Wildman–Crippen LogP) is 4.03. The van der Waals surface area contributed by atoms with Gasteiger partial charge in [0.2, 0.25) is 0 Å². The molecular weight excluding hydrogens is 342 g/mol. The Labute approximate surface area is 147 Å². The molecule has 0 amide bonds. The third-order valence-electron chi connectivity index (χ3n) is 3.83. The van der Waals surface area contributed by atoms with E-state index < -0.39 is 0 Å². The van der Waals surface area contributed by atoms with Gasteiger partial charge in [-0.05, 0) is 35.6 Å². The fourth-order valence-electron chi connectivity index (χ4n) is 2.78. The molecule has 1 fully saturated rings. The first-order valence-corrected chi connectivity index (χ1v) is 7.88. The molecule has 1 saturated heterocycles. The molecule has 1 aliphatic heterocycles. The van der Waals surface area contributed by atoms with Crippen molar-refractivity contribution < 1.29 is 4.39 Å². The molecule has 3 rings (SSSR count). The van der Waals surface area contributed by atoms with E-state index in [4.69, 9.17) is 0 Å². The summed E-state index contributed by atoms with van der Waals surface area (Å²) in [5.41, 5.74) is 1.91. The Morgan fingerprint density at radius 2 is 1.91 bits per heavy atom. The van der Waals surface area contributed by atoms with Crippen molar-refractivity contribution in [3.63, 3.8) is 0 Å². The number of rotatable bonds is 3. The number of piperazine rings is 1. The number of halogens is 3. The molecule has 2 nitrogen and oxygen atoms in total. The van der Waals surface area contributed by atoms with E-state index in [0.29, 0.717) is 0 Å². The second-order valence-corrected chi connectivity index (χ2v) is 6.19. The van der Waals surface area contributed by atoms with Crippen molar-refractivity contribution in [3.8, 4) is 0 Å². The van der Waals surface area contributed by atoms with Gasteiger partial charge in [0.05, 0.1) is 6.04 Å². The smallest absolute Gasteiger partial charge is 0.126 e. The van der Waals surface area contributed by atoms with Crippen LogP contribution in [0.3, 0.4) is 0 Å². The van der Waals surface area contributed by atoms with Gasteiger partial charge in [-0.2, -0.15) is 0 Å². The second-order valence-electron chi connectivity index (χ2n) is 5.21. The number of nitrogens with one attached hydrogen (secondary N) is 1. The van der Waals surface area contributed by atoms with Crippen LogP contribution in [0.4, 0.5) is 4.39 Å². The predicted molar refractivity (Wildman–Crippen MR) is 96.2 cm³/mol. The zero-order valence-electron chi connectivity index (χ0n) is 12.4. The molecule has 2 aromatic rings. The van der Waals surface area contributed by atoms with Gasteiger partial charge in [-0.1, -0.05) is 18.2 Å². The standard InChI is InChI=1S/C16H19FN2S.2ClH/c1-12-11-13(4-5-14(12)17)16(15-3-2-10-20-15)19-8-6-18-7-9-19;;/h2-5,10-11,16,18H,6-9H2,1H3;2*1H/t16-;;/m0../s1. The number of aryl methyl sites for hydroxylation is 1. The maximum atomic E-state index is 13.5. The summed E-state index contributed by atoms with van der Waals surface area (Å²) in [6, 6.07) is 10.0. The van der Waals surface area contributed by atoms with Crippen LogP contribution in [0.2, 0.25) is 0 Å². The summed E-state index contributed by atoms with van der Waals surface area (Å²) in [6.07, 6.45) is 0. The molecule has 0 saturated carbocycles. The Balaban J connectivity index is 0.00000121. The minimum absolute atomic E-state index is 0. The highest BCUT2D eigenvalue weighted by Crippen LogP contribution is 2.32. The highest BCUT2D eigenvalue weighted by Gasteiger charge is 2.24. The van der Waals surface area contributed by atoms with Crippen LogP contribution in [-0.4, -0.2) is 31.1 Å². The van der Waals surface area contributed by atoms with Crippen LogP contribution in [-0.2, 0) is 0 Å². The Bertz CT molecular complexity index is 572. The first-order chi connectivity index (χ1) is 9.75. The molecule has 2 heterocycles. The molecule has 0 radical (unpaired) electrons. The van der Waals surface area contributed by atoms with Gasteiger partial charge in [-0.3, -0.25) is 4.90 Å². The van der Waals surface area contributed by atoms with Gasteiger partial charge >= 0.3 is 0 Å². The minimum Gasteiger partial charge on any atom is -0.314 e. The van der Waals surface area contributed by atoms with Gasteiger partial charge in [-0.15, -0.1) is 36.2 Å². The summed E-state index contributed by atoms with van der Waals surface area (Å²) in [4.78, 5) is 3.81. The molecule has 1 N–H and O–H groups in total. The van der Waals surface area contributed by atoms with Crippen molar-refractivity contribution in [2.45, 2.75) is 13.0 Å². The molecule has 6 heteroatoms. The normalized spacial score (nSPS) is 16.5. The molecule has 0 unspecified atom stereocenters. The van der Waals surface area contributed by atoms with E-state index in [9.17, 15) is 4.39 Å². The van der Waals surface area contributed by atoms with Crippen molar-refractivity contribution in [3.05, 3.63) is 57.5 Å². The van der Waals surface area contributed by atoms with E-state index in [2.05, 4.69) is 27.7 Å². The van der Waals surface area contributed by atoms with Gasteiger partial charge in [0.25, 0.3) is 0 Å². The molecular formula is C16H21Cl2FN2S. The van der Waals surface area contributed by atoms with Crippen molar-refractivity contribution >= 4 is 36.2 Å². The lowest BCUT2D eigenvalue weighted by atomic mass is 10.0. The molecule has 1 aromatic heterocycles. The first kappa shape index (κ1) is 19.4. The molecule has 1 aromatic carbocycles. The monoisotopic (exact) mass is 362 g/mol. The minimum atomic E-state index is -0.126. The lowest BCUT2D eigenvalue weighted by Gasteiger charge is -2.35. The first-order valence-electron chi connectivity index (χ1n) is 7.00. The zero-order valence-corrected chi connectivity index (χ0v) is 14.9. The number of nitrogens with zero attached hydrogens (tertiary/aromatic N) is 1. The Hall–Kier alpha value is -0.650. The molecule has 122 valence electrons. The Kier molecular flexibility index (Phi) is 7.80. The summed E-state index contributed by atoms with van der Waals surface area (Å²) in [7, 11) is 0. The zero-order chi connectivity index (χ0) is 13.9. The molecule has 1 aliphatic rings. The van der Waals surface area contributed by atoms with Crippen molar-refractivity contribution in [1.29, 1.82) is 0 Å². The summed E-state index contributed by atoms with van der Waals surface area (Å²) >= 11 is 1.77. The highest BCUT2D eigenvalue weighted by atomic mass is 35.5. The number of thiophene rings is 1. The van der Waals surface area contributed by atoms with E-state index in [1.165, 1.54) is 10.4 Å². The van der Waals surface area contributed by atoms with Crippen LogP contribution in [0.25, 0.3) is 0 Å². The number of hydrogen-bond acceptors (Lipinski definition) is 3. The number of hydrogen-bond donors (Lipinski definition) is 1. The molecule has 0 aliphatic carbocycles. The van der Waals surface area contributed by atoms with Crippen LogP contribution in [0.15, 0.2) is 35.7 Å². The van der Waals surface area contributed by atoms with Gasteiger partial charge in [0.15, 0.2) is 0 Å². The van der Waals surface area contributed by atoms with Crippen molar-refractivity contribution in [2.24, 2.45) is 0 Å². The summed E-state index contributed by atoms with van der Waals surface area (Å²) in [5.74, 6) is -0.126. The van der Waals surface area contributed by atoms with E-state index in [0.717, 1.165) is 31.7 Å². The van der Waals surface area contributed by atoms with Gasteiger partial charge in [0, 0.05) is 31.1 Å². The summed E-state index contributed by atoms with van der Waals surface area (Å²) < 4.78 is 13.5. The van der Waals surface area contributed by atoms with E-state index >= 15 is 0 Å². The largest absolute Gasteiger partial charge is 0.314 e. The van der Waals surface area contributed by atoms with E-state index in [-0.39, 0.29) is 36.7 Å². The Morgan fingerprint density at radius 3 is 2.50 bits per heavy atom. The molecule has 0 bridgehead atoms. The SMILES string of the molecule is Cc1cc([C@@H](c2cccs2)N2CCNCC2)ccc1F.Cl.Cl. The van der Waals surface area contributed by atoms with E-state index in [1.54, 1.807) is 17.4 Å². The van der Waals surface area contributed by atoms with Crippen LogP contribution in [0.5, 0.6) is 0 Å². The fourth-order valence-corrected chi connectivity index (χ4v) is 3.67. The quantitative estimate of drug-likeness (QED) is 0.886. The fraction of sp³-hybridized carbons (Fsp3) is 0.375. The maximum Gasteiger partial charge on any atom is 0.126 e. The lowest BCUT2D eigenvalue weighted by Crippen LogP contribution is -2.45. The average Bonchev–Trinajstić information content (AvgIpc) is 2.98. The lowest BCUT2D eigenvalue weighted by molar-refractivity contribution is 0.200. The van der Waals surface area contributed by atoms with Crippen LogP contribution in [0, 0.1) is 12.7 Å². The summed E-state index contributed by atoms with van der Waals surface area (Å²) in [5, 5.41) is 5.50. The van der Waals surface area contributed by atoms with Crippen LogP contribution >= 0.6 is 36.2 Å². The maximum absolute atomic E-state index is 13.5. The molecule has 22 heavy (non-hydrogen) atoms. The molecule has 1 atom stereocenters. The number of benzene rings is 1. The summed E-state index contributed by atoms with van der Waals surface area (Å²) in [6.45, 7) is 5.92. The van der Waals surface area contributed by atoms with Crippen molar-refractivity contribution in [1.82, 2.24) is 10.2 Å². The van der Waals surface area contributed by atoms with Gasteiger partial charge < -0.3 is 5.32 Å². The third kappa shape index (κ3) is 4.21. The van der Waals surface area contributed by atoms with Gasteiger partial charge in [0.1, 0.15) is 5.82 Å². The average molecular weight is 363 g/mol.